The van der Waals surface area contributed by atoms with E-state index in [4.69, 9.17) is 4.74 Å². The van der Waals surface area contributed by atoms with Crippen LogP contribution in [0.3, 0.4) is 0 Å². The lowest BCUT2D eigenvalue weighted by Crippen LogP contribution is -2.18. The Kier molecular flexibility index (Phi) is 5.47. The molecule has 0 heterocycles. The second-order valence-electron chi connectivity index (χ2n) is 2.23. The maximum Gasteiger partial charge on any atom is 0.223 e. The Morgan fingerprint density at radius 3 is 2.64 bits per heavy atom. The van der Waals surface area contributed by atoms with Crippen molar-refractivity contribution in [1.82, 2.24) is 5.32 Å². The lowest BCUT2D eigenvalue weighted by atomic mass is 10.2. The molecular formula is C8H15NO2. The van der Waals surface area contributed by atoms with Crippen molar-refractivity contribution in [2.75, 3.05) is 20.8 Å². The highest BCUT2D eigenvalue weighted by atomic mass is 16.5. The van der Waals surface area contributed by atoms with Crippen LogP contribution in [-0.4, -0.2) is 26.7 Å². The number of methoxy groups -OCH3 is 1. The largest absolute Gasteiger partial charge is 0.380 e. The number of amides is 1. The Hall–Kier alpha value is -0.830. The third kappa shape index (κ3) is 4.56. The number of ether oxygens (including phenoxy) is 1. The second-order valence-corrected chi connectivity index (χ2v) is 2.23. The Bertz CT molecular complexity index is 152. The molecule has 0 saturated heterocycles. The quantitative estimate of drug-likeness (QED) is 0.610. The van der Waals surface area contributed by atoms with E-state index in [-0.39, 0.29) is 5.91 Å². The highest BCUT2D eigenvalue weighted by Crippen LogP contribution is 2.00. The summed E-state index contributed by atoms with van der Waals surface area (Å²) in [5, 5.41) is 2.55. The van der Waals surface area contributed by atoms with Gasteiger partial charge in [-0.05, 0) is 12.5 Å². The van der Waals surface area contributed by atoms with Crippen molar-refractivity contribution in [3.05, 3.63) is 11.6 Å². The van der Waals surface area contributed by atoms with Gasteiger partial charge in [0.05, 0.1) is 6.61 Å². The predicted octanol–water partition coefficient (Wildman–Crippen LogP) is 0.715. The molecule has 0 rings (SSSR count). The normalized spacial score (nSPS) is 11.4. The Labute approximate surface area is 67.4 Å². The van der Waals surface area contributed by atoms with Crippen molar-refractivity contribution in [2.45, 2.75) is 13.3 Å². The molecule has 1 amide bonds. The average molecular weight is 157 g/mol. The molecule has 0 spiro atoms. The average Bonchev–Trinajstić information content (AvgIpc) is 2.03. The molecule has 0 aromatic heterocycles. The molecule has 0 aromatic carbocycles. The molecule has 0 aromatic rings. The van der Waals surface area contributed by atoms with E-state index in [2.05, 4.69) is 5.32 Å². The van der Waals surface area contributed by atoms with E-state index in [0.29, 0.717) is 13.0 Å². The summed E-state index contributed by atoms with van der Waals surface area (Å²) in [6.07, 6.45) is 2.33. The molecule has 11 heavy (non-hydrogen) atoms. The first-order valence-corrected chi connectivity index (χ1v) is 3.58. The van der Waals surface area contributed by atoms with Gasteiger partial charge in [-0.1, -0.05) is 6.08 Å². The number of rotatable bonds is 4. The van der Waals surface area contributed by atoms with Gasteiger partial charge >= 0.3 is 0 Å². The predicted molar refractivity (Wildman–Crippen MR) is 44.3 cm³/mol. The van der Waals surface area contributed by atoms with Crippen molar-refractivity contribution >= 4 is 5.91 Å². The smallest absolute Gasteiger partial charge is 0.223 e. The van der Waals surface area contributed by atoms with Crippen LogP contribution in [0.25, 0.3) is 0 Å². The molecule has 0 saturated carbocycles. The van der Waals surface area contributed by atoms with E-state index in [1.54, 1.807) is 14.2 Å². The number of nitrogens with one attached hydrogen (secondary N) is 1. The van der Waals surface area contributed by atoms with E-state index in [1.807, 2.05) is 13.0 Å². The minimum absolute atomic E-state index is 0.0233. The topological polar surface area (TPSA) is 38.3 Å². The van der Waals surface area contributed by atoms with Gasteiger partial charge in [-0.25, -0.2) is 0 Å². The molecule has 0 aliphatic heterocycles. The Morgan fingerprint density at radius 2 is 2.27 bits per heavy atom. The Balaban J connectivity index is 3.79. The van der Waals surface area contributed by atoms with Crippen molar-refractivity contribution in [2.24, 2.45) is 0 Å². The molecule has 64 valence electrons. The van der Waals surface area contributed by atoms with E-state index in [1.165, 1.54) is 0 Å². The molecule has 0 aliphatic carbocycles. The fourth-order valence-electron chi connectivity index (χ4n) is 0.716. The molecular weight excluding hydrogens is 142 g/mol. The van der Waals surface area contributed by atoms with Crippen molar-refractivity contribution in [1.29, 1.82) is 0 Å². The lowest BCUT2D eigenvalue weighted by Gasteiger charge is -2.03. The molecule has 3 nitrogen and oxygen atoms in total. The zero-order valence-corrected chi connectivity index (χ0v) is 7.31. The van der Waals surface area contributed by atoms with Gasteiger partial charge in [-0.2, -0.15) is 0 Å². The van der Waals surface area contributed by atoms with Gasteiger partial charge in [0, 0.05) is 20.6 Å². The maximum absolute atomic E-state index is 10.8. The summed E-state index contributed by atoms with van der Waals surface area (Å²) in [7, 11) is 3.25. The summed E-state index contributed by atoms with van der Waals surface area (Å²) < 4.78 is 4.89. The summed E-state index contributed by atoms with van der Waals surface area (Å²) in [6, 6.07) is 0. The minimum Gasteiger partial charge on any atom is -0.380 e. The summed E-state index contributed by atoms with van der Waals surface area (Å²) in [5.41, 5.74) is 1.01. The molecule has 0 atom stereocenters. The number of carbonyl (C=O) groups is 1. The highest BCUT2D eigenvalue weighted by molar-refractivity contribution is 5.78. The summed E-state index contributed by atoms with van der Waals surface area (Å²) in [4.78, 5) is 10.8. The fourth-order valence-corrected chi connectivity index (χ4v) is 0.716. The van der Waals surface area contributed by atoms with Crippen LogP contribution in [0.4, 0.5) is 0 Å². The molecule has 3 heteroatoms. The van der Waals surface area contributed by atoms with Crippen LogP contribution in [0.2, 0.25) is 0 Å². The van der Waals surface area contributed by atoms with Gasteiger partial charge < -0.3 is 10.1 Å². The van der Waals surface area contributed by atoms with Crippen LogP contribution >= 0.6 is 0 Å². The van der Waals surface area contributed by atoms with Crippen LogP contribution in [-0.2, 0) is 9.53 Å². The second kappa shape index (κ2) is 5.92. The summed E-state index contributed by atoms with van der Waals surface area (Å²) in [5.74, 6) is 0.0233. The fraction of sp³-hybridized carbons (Fsp3) is 0.625. The van der Waals surface area contributed by atoms with Gasteiger partial charge in [0.15, 0.2) is 0 Å². The van der Waals surface area contributed by atoms with Crippen LogP contribution in [0.1, 0.15) is 13.3 Å². The summed E-state index contributed by atoms with van der Waals surface area (Å²) in [6.45, 7) is 2.43. The van der Waals surface area contributed by atoms with Gasteiger partial charge in [0.25, 0.3) is 0 Å². The minimum atomic E-state index is 0.0233. The van der Waals surface area contributed by atoms with Gasteiger partial charge in [-0.3, -0.25) is 4.79 Å². The third-order valence-corrected chi connectivity index (χ3v) is 1.40. The Morgan fingerprint density at radius 1 is 1.64 bits per heavy atom. The first-order chi connectivity index (χ1) is 5.24. The summed E-state index contributed by atoms with van der Waals surface area (Å²) >= 11 is 0. The maximum atomic E-state index is 10.8. The van der Waals surface area contributed by atoms with Gasteiger partial charge in [-0.15, -0.1) is 0 Å². The zero-order valence-electron chi connectivity index (χ0n) is 7.31. The highest BCUT2D eigenvalue weighted by Gasteiger charge is 2.01. The van der Waals surface area contributed by atoms with E-state index in [9.17, 15) is 4.79 Å². The van der Waals surface area contributed by atoms with Crippen molar-refractivity contribution in [3.8, 4) is 0 Å². The van der Waals surface area contributed by atoms with Gasteiger partial charge in [0.2, 0.25) is 5.91 Å². The number of carbonyl (C=O) groups excluding carboxylic acids is 1. The van der Waals surface area contributed by atoms with Gasteiger partial charge in [0.1, 0.15) is 0 Å². The first kappa shape index (κ1) is 10.2. The number of allylic oxidation sites excluding steroid dienone is 1. The third-order valence-electron chi connectivity index (χ3n) is 1.40. The molecule has 1 N–H and O–H groups in total. The van der Waals surface area contributed by atoms with E-state index < -0.39 is 0 Å². The molecule has 0 radical (unpaired) electrons. The van der Waals surface area contributed by atoms with E-state index >= 15 is 0 Å². The molecule has 0 fully saturated rings. The van der Waals surface area contributed by atoms with E-state index in [0.717, 1.165) is 5.57 Å². The number of hydrogen-bond acceptors (Lipinski definition) is 2. The van der Waals surface area contributed by atoms with Crippen molar-refractivity contribution in [3.63, 3.8) is 0 Å². The zero-order chi connectivity index (χ0) is 8.69. The standard InChI is InChI=1S/C8H15NO2/c1-4-7(6-11-3)5-8(10)9-2/h4H,5-6H2,1-3H3,(H,9,10)/b7-4+. The van der Waals surface area contributed by atoms with Crippen molar-refractivity contribution < 1.29 is 9.53 Å². The van der Waals surface area contributed by atoms with Crippen LogP contribution in [0, 0.1) is 0 Å². The van der Waals surface area contributed by atoms with Crippen LogP contribution in [0.5, 0.6) is 0 Å². The first-order valence-electron chi connectivity index (χ1n) is 3.58. The lowest BCUT2D eigenvalue weighted by molar-refractivity contribution is -0.120. The number of hydrogen-bond donors (Lipinski definition) is 1. The SMILES string of the molecule is C/C=C(/COC)CC(=O)NC. The molecule has 0 aliphatic rings. The monoisotopic (exact) mass is 157 g/mol. The molecule has 0 unspecified atom stereocenters. The molecule has 0 bridgehead atoms. The van der Waals surface area contributed by atoms with Crippen LogP contribution in [0.15, 0.2) is 11.6 Å². The van der Waals surface area contributed by atoms with Crippen LogP contribution < -0.4 is 5.32 Å².